The molecule has 18 heavy (non-hydrogen) atoms. The molecular weight excluding hydrogens is 268 g/mol. The number of nitrogens with zero attached hydrogens (tertiary/aromatic N) is 1. The van der Waals surface area contributed by atoms with E-state index in [1.165, 1.54) is 0 Å². The van der Waals surface area contributed by atoms with Gasteiger partial charge in [0.15, 0.2) is 14.9 Å². The molecule has 0 amide bonds. The predicted molar refractivity (Wildman–Crippen MR) is 75.6 cm³/mol. The van der Waals surface area contributed by atoms with Gasteiger partial charge in [0.1, 0.15) is 0 Å². The second-order valence-electron chi connectivity index (χ2n) is 4.91. The maximum absolute atomic E-state index is 11.7. The van der Waals surface area contributed by atoms with Crippen molar-refractivity contribution in [2.24, 2.45) is 0 Å². The Bertz CT molecular complexity index is 612. The second kappa shape index (κ2) is 3.93. The first-order chi connectivity index (χ1) is 8.46. The first-order valence-corrected chi connectivity index (χ1v) is 8.06. The normalized spacial score (nSPS) is 29.2. The molecular formula is C12H14N2O2S2. The molecule has 2 atom stereocenters. The van der Waals surface area contributed by atoms with E-state index in [1.54, 1.807) is 0 Å². The molecule has 0 radical (unpaired) electrons. The van der Waals surface area contributed by atoms with Crippen LogP contribution in [0.5, 0.6) is 0 Å². The first kappa shape index (κ1) is 11.9. The molecule has 4 nitrogen and oxygen atoms in total. The number of aryl methyl sites for hydroxylation is 1. The molecule has 96 valence electrons. The number of rotatable bonds is 1. The van der Waals surface area contributed by atoms with E-state index < -0.39 is 9.84 Å². The number of hydrogen-bond acceptors (Lipinski definition) is 3. The lowest BCUT2D eigenvalue weighted by Crippen LogP contribution is -2.36. The van der Waals surface area contributed by atoms with E-state index in [4.69, 9.17) is 12.2 Å². The molecule has 6 heteroatoms. The van der Waals surface area contributed by atoms with Gasteiger partial charge in [-0.3, -0.25) is 0 Å². The van der Waals surface area contributed by atoms with Crippen molar-refractivity contribution in [1.29, 1.82) is 0 Å². The van der Waals surface area contributed by atoms with Gasteiger partial charge in [0, 0.05) is 5.69 Å². The Hall–Kier alpha value is -1.14. The summed E-state index contributed by atoms with van der Waals surface area (Å²) >= 11 is 5.32. The van der Waals surface area contributed by atoms with Gasteiger partial charge in [-0.05, 0) is 36.8 Å². The minimum Gasteiger partial charge on any atom is -0.356 e. The van der Waals surface area contributed by atoms with Gasteiger partial charge in [-0.25, -0.2) is 8.42 Å². The van der Waals surface area contributed by atoms with Crippen molar-refractivity contribution in [3.8, 4) is 0 Å². The van der Waals surface area contributed by atoms with Gasteiger partial charge in [0.05, 0.1) is 23.6 Å². The van der Waals surface area contributed by atoms with Crippen LogP contribution >= 0.6 is 12.2 Å². The zero-order valence-corrected chi connectivity index (χ0v) is 11.6. The summed E-state index contributed by atoms with van der Waals surface area (Å²) in [4.78, 5) is 1.94. The smallest absolute Gasteiger partial charge is 0.174 e. The summed E-state index contributed by atoms with van der Waals surface area (Å²) in [6, 6.07) is 7.84. The number of hydrogen-bond donors (Lipinski definition) is 1. The molecule has 2 fully saturated rings. The van der Waals surface area contributed by atoms with Crippen molar-refractivity contribution < 1.29 is 8.42 Å². The summed E-state index contributed by atoms with van der Waals surface area (Å²) in [6.45, 7) is 2.01. The molecule has 2 saturated heterocycles. The van der Waals surface area contributed by atoms with E-state index in [-0.39, 0.29) is 23.6 Å². The van der Waals surface area contributed by atoms with Crippen molar-refractivity contribution in [1.82, 2.24) is 5.32 Å². The minimum atomic E-state index is -2.94. The zero-order chi connectivity index (χ0) is 12.9. The SMILES string of the molecule is Cc1cccc(N2C(=S)N[C@@H]3CS(=O)(=O)C[C@H]32)c1. The van der Waals surface area contributed by atoms with Gasteiger partial charge in [0.25, 0.3) is 0 Å². The van der Waals surface area contributed by atoms with Gasteiger partial charge in [-0.15, -0.1) is 0 Å². The standard InChI is InChI=1S/C12H14N2O2S2/c1-8-3-2-4-9(5-8)14-11-7-18(15,16)6-10(11)13-12(14)17/h2-5,10-11H,6-7H2,1H3,(H,13,17)/t10-,11-/m1/s1. The lowest BCUT2D eigenvalue weighted by atomic mass is 10.1. The maximum atomic E-state index is 11.7. The van der Waals surface area contributed by atoms with Crippen LogP contribution < -0.4 is 10.2 Å². The molecule has 1 N–H and O–H groups in total. The highest BCUT2D eigenvalue weighted by molar-refractivity contribution is 7.91. The average Bonchev–Trinajstić information content (AvgIpc) is 2.68. The van der Waals surface area contributed by atoms with Crippen molar-refractivity contribution in [2.45, 2.75) is 19.0 Å². The van der Waals surface area contributed by atoms with Crippen LogP contribution in [0.3, 0.4) is 0 Å². The predicted octanol–water partition coefficient (Wildman–Crippen LogP) is 0.855. The van der Waals surface area contributed by atoms with E-state index >= 15 is 0 Å². The molecule has 0 saturated carbocycles. The van der Waals surface area contributed by atoms with Gasteiger partial charge in [-0.2, -0.15) is 0 Å². The molecule has 0 aromatic heterocycles. The number of nitrogens with one attached hydrogen (secondary N) is 1. The van der Waals surface area contributed by atoms with E-state index in [0.717, 1.165) is 11.3 Å². The maximum Gasteiger partial charge on any atom is 0.174 e. The van der Waals surface area contributed by atoms with Crippen LogP contribution in [-0.2, 0) is 9.84 Å². The second-order valence-corrected chi connectivity index (χ2v) is 7.45. The molecule has 2 heterocycles. The third-order valence-corrected chi connectivity index (χ3v) is 5.49. The number of benzene rings is 1. The van der Waals surface area contributed by atoms with E-state index in [9.17, 15) is 8.42 Å². The highest BCUT2D eigenvalue weighted by Crippen LogP contribution is 2.29. The van der Waals surface area contributed by atoms with Crippen molar-refractivity contribution >= 4 is 32.9 Å². The van der Waals surface area contributed by atoms with Crippen LogP contribution in [0.25, 0.3) is 0 Å². The van der Waals surface area contributed by atoms with Crippen molar-refractivity contribution in [2.75, 3.05) is 16.4 Å². The largest absolute Gasteiger partial charge is 0.356 e. The fraction of sp³-hybridized carbons (Fsp3) is 0.417. The summed E-state index contributed by atoms with van der Waals surface area (Å²) in [5, 5.41) is 3.75. The minimum absolute atomic E-state index is 0.0655. The summed E-state index contributed by atoms with van der Waals surface area (Å²) in [5.74, 6) is 0.360. The van der Waals surface area contributed by atoms with Crippen LogP contribution in [-0.4, -0.2) is 37.1 Å². The first-order valence-electron chi connectivity index (χ1n) is 5.83. The molecule has 0 bridgehead atoms. The molecule has 1 aromatic rings. The molecule has 0 aliphatic carbocycles. The van der Waals surface area contributed by atoms with E-state index in [2.05, 4.69) is 5.32 Å². The van der Waals surface area contributed by atoms with Crippen LogP contribution in [0.1, 0.15) is 5.56 Å². The third-order valence-electron chi connectivity index (χ3n) is 3.46. The van der Waals surface area contributed by atoms with Gasteiger partial charge >= 0.3 is 0 Å². The summed E-state index contributed by atoms with van der Waals surface area (Å²) in [7, 11) is -2.94. The fourth-order valence-electron chi connectivity index (χ4n) is 2.69. The van der Waals surface area contributed by atoms with Gasteiger partial charge in [0.2, 0.25) is 0 Å². The van der Waals surface area contributed by atoms with Crippen LogP contribution in [0, 0.1) is 6.92 Å². The lowest BCUT2D eigenvalue weighted by Gasteiger charge is -2.23. The third kappa shape index (κ3) is 1.89. The Kier molecular flexibility index (Phi) is 2.60. The van der Waals surface area contributed by atoms with E-state index in [0.29, 0.717) is 5.11 Å². The van der Waals surface area contributed by atoms with Crippen molar-refractivity contribution in [3.05, 3.63) is 29.8 Å². The zero-order valence-electron chi connectivity index (χ0n) is 9.96. The molecule has 1 aromatic carbocycles. The molecule has 0 unspecified atom stereocenters. The van der Waals surface area contributed by atoms with Crippen LogP contribution in [0.15, 0.2) is 24.3 Å². The monoisotopic (exact) mass is 282 g/mol. The van der Waals surface area contributed by atoms with Crippen molar-refractivity contribution in [3.63, 3.8) is 0 Å². The summed E-state index contributed by atoms with van der Waals surface area (Å²) in [6.07, 6.45) is 0. The average molecular weight is 282 g/mol. The molecule has 0 spiro atoms. The number of fused-ring (bicyclic) bond motifs is 1. The van der Waals surface area contributed by atoms with E-state index in [1.807, 2.05) is 36.1 Å². The summed E-state index contributed by atoms with van der Waals surface area (Å²) < 4.78 is 23.4. The molecule has 2 aliphatic rings. The van der Waals surface area contributed by atoms with Gasteiger partial charge in [-0.1, -0.05) is 12.1 Å². The molecule has 3 rings (SSSR count). The Balaban J connectivity index is 1.99. The topological polar surface area (TPSA) is 49.4 Å². The Morgan fingerprint density at radius 2 is 2.17 bits per heavy atom. The highest BCUT2D eigenvalue weighted by atomic mass is 32.2. The van der Waals surface area contributed by atoms with Crippen LogP contribution in [0.4, 0.5) is 5.69 Å². The fourth-order valence-corrected chi connectivity index (χ4v) is 4.97. The molecule has 2 aliphatic heterocycles. The summed E-state index contributed by atoms with van der Waals surface area (Å²) in [5.41, 5.74) is 2.11. The Morgan fingerprint density at radius 3 is 2.89 bits per heavy atom. The van der Waals surface area contributed by atoms with Crippen LogP contribution in [0.2, 0.25) is 0 Å². The Morgan fingerprint density at radius 1 is 1.39 bits per heavy atom. The Labute approximate surface area is 112 Å². The van der Waals surface area contributed by atoms with Gasteiger partial charge < -0.3 is 10.2 Å². The number of thiocarbonyl (C=S) groups is 1. The number of sulfone groups is 1. The lowest BCUT2D eigenvalue weighted by molar-refractivity contribution is 0.600. The quantitative estimate of drug-likeness (QED) is 0.774. The number of anilines is 1. The highest BCUT2D eigenvalue weighted by Gasteiger charge is 2.47.